The molecular weight excluding hydrogens is 448 g/mol. The first-order chi connectivity index (χ1) is 17.1. The third-order valence-electron chi connectivity index (χ3n) is 6.79. The largest absolute Gasteiger partial charge is 0.486 e. The van der Waals surface area contributed by atoms with Crippen molar-refractivity contribution in [1.82, 2.24) is 10.2 Å². The van der Waals surface area contributed by atoms with E-state index in [2.05, 4.69) is 45.7 Å². The second kappa shape index (κ2) is 10.5. The Bertz CT molecular complexity index is 1090. The quantitative estimate of drug-likeness (QED) is 0.632. The van der Waals surface area contributed by atoms with E-state index < -0.39 is 11.8 Å². The molecule has 186 valence electrons. The van der Waals surface area contributed by atoms with Crippen LogP contribution in [0.4, 0.5) is 11.4 Å². The van der Waals surface area contributed by atoms with Gasteiger partial charge in [0.15, 0.2) is 11.5 Å². The fourth-order valence-electron chi connectivity index (χ4n) is 4.94. The number of nitrogens with zero attached hydrogens (tertiary/aromatic N) is 2. The fraction of sp³-hybridized carbons (Fsp3) is 0.462. The Kier molecular flexibility index (Phi) is 7.06. The van der Waals surface area contributed by atoms with E-state index in [1.165, 1.54) is 11.3 Å². The zero-order chi connectivity index (χ0) is 24.2. The Labute approximate surface area is 205 Å². The molecule has 1 saturated heterocycles. The standard InChI is InChI=1S/C26H32N4O5/c1-29-8-2-3-18-15-19(4-6-21(18)29)22(30-9-11-33-12-10-30)17-27-25(31)26(32)28-20-5-7-23-24(16-20)35-14-13-34-23/h4-7,15-16,22H,2-3,8-14,17H2,1H3,(H,27,31)(H,28,32)/t22-/m0/s1. The van der Waals surface area contributed by atoms with E-state index >= 15 is 0 Å². The van der Waals surface area contributed by atoms with Crippen molar-refractivity contribution in [3.63, 3.8) is 0 Å². The van der Waals surface area contributed by atoms with Crippen LogP contribution in [0.15, 0.2) is 36.4 Å². The van der Waals surface area contributed by atoms with Gasteiger partial charge in [0, 0.05) is 50.7 Å². The van der Waals surface area contributed by atoms with Crippen LogP contribution < -0.4 is 25.0 Å². The second-order valence-electron chi connectivity index (χ2n) is 9.10. The number of anilines is 2. The smallest absolute Gasteiger partial charge is 0.313 e. The zero-order valence-electron chi connectivity index (χ0n) is 20.0. The molecule has 0 bridgehead atoms. The molecule has 3 aliphatic heterocycles. The first-order valence-corrected chi connectivity index (χ1v) is 12.2. The summed E-state index contributed by atoms with van der Waals surface area (Å²) in [7, 11) is 2.12. The van der Waals surface area contributed by atoms with E-state index in [0.717, 1.165) is 38.0 Å². The average Bonchev–Trinajstić information content (AvgIpc) is 2.89. The van der Waals surface area contributed by atoms with E-state index in [1.807, 2.05) is 0 Å². The number of carbonyl (C=O) groups is 2. The van der Waals surface area contributed by atoms with E-state index in [1.54, 1.807) is 18.2 Å². The predicted molar refractivity (Wildman–Crippen MR) is 132 cm³/mol. The number of benzene rings is 2. The number of morpholine rings is 1. The lowest BCUT2D eigenvalue weighted by Crippen LogP contribution is -2.45. The van der Waals surface area contributed by atoms with Crippen LogP contribution in [0, 0.1) is 0 Å². The van der Waals surface area contributed by atoms with Crippen LogP contribution in [0.5, 0.6) is 11.5 Å². The van der Waals surface area contributed by atoms with Gasteiger partial charge in [0.25, 0.3) is 0 Å². The first kappa shape index (κ1) is 23.4. The molecule has 1 fully saturated rings. The Hall–Kier alpha value is -3.30. The van der Waals surface area contributed by atoms with Crippen molar-refractivity contribution in [2.45, 2.75) is 18.9 Å². The van der Waals surface area contributed by atoms with Crippen LogP contribution in [0.2, 0.25) is 0 Å². The van der Waals surface area contributed by atoms with Crippen molar-refractivity contribution in [1.29, 1.82) is 0 Å². The summed E-state index contributed by atoms with van der Waals surface area (Å²) in [5.74, 6) is -0.200. The highest BCUT2D eigenvalue weighted by Crippen LogP contribution is 2.33. The maximum Gasteiger partial charge on any atom is 0.313 e. The molecule has 2 aromatic rings. The van der Waals surface area contributed by atoms with Gasteiger partial charge in [-0.2, -0.15) is 0 Å². The molecule has 35 heavy (non-hydrogen) atoms. The lowest BCUT2D eigenvalue weighted by molar-refractivity contribution is -0.136. The number of nitrogens with one attached hydrogen (secondary N) is 2. The van der Waals surface area contributed by atoms with Crippen molar-refractivity contribution >= 4 is 23.2 Å². The Balaban J connectivity index is 1.26. The maximum absolute atomic E-state index is 12.7. The van der Waals surface area contributed by atoms with Gasteiger partial charge in [0.2, 0.25) is 0 Å². The molecule has 5 rings (SSSR count). The summed E-state index contributed by atoms with van der Waals surface area (Å²) in [6, 6.07) is 11.6. The summed E-state index contributed by atoms with van der Waals surface area (Å²) in [4.78, 5) is 29.9. The number of ether oxygens (including phenoxy) is 3. The number of fused-ring (bicyclic) bond motifs is 2. The Morgan fingerprint density at radius 2 is 1.74 bits per heavy atom. The van der Waals surface area contributed by atoms with Crippen molar-refractivity contribution in [2.75, 3.05) is 69.9 Å². The lowest BCUT2D eigenvalue weighted by Gasteiger charge is -2.36. The van der Waals surface area contributed by atoms with Crippen LogP contribution in [0.25, 0.3) is 0 Å². The number of hydrogen-bond donors (Lipinski definition) is 2. The molecule has 2 amide bonds. The molecule has 0 saturated carbocycles. The summed E-state index contributed by atoms with van der Waals surface area (Å²) < 4.78 is 16.6. The topological polar surface area (TPSA) is 92.4 Å². The fourth-order valence-corrected chi connectivity index (χ4v) is 4.94. The van der Waals surface area contributed by atoms with Gasteiger partial charge in [-0.05, 0) is 42.2 Å². The molecule has 3 aliphatic rings. The average molecular weight is 481 g/mol. The van der Waals surface area contributed by atoms with Crippen molar-refractivity contribution in [3.05, 3.63) is 47.5 Å². The summed E-state index contributed by atoms with van der Waals surface area (Å²) in [6.07, 6.45) is 2.18. The minimum absolute atomic E-state index is 0.0394. The molecule has 9 heteroatoms. The number of rotatable bonds is 5. The summed E-state index contributed by atoms with van der Waals surface area (Å²) in [6.45, 7) is 5.21. The van der Waals surface area contributed by atoms with Crippen LogP contribution >= 0.6 is 0 Å². The summed E-state index contributed by atoms with van der Waals surface area (Å²) in [5.41, 5.74) is 4.23. The first-order valence-electron chi connectivity index (χ1n) is 12.2. The van der Waals surface area contributed by atoms with E-state index in [9.17, 15) is 9.59 Å². The molecule has 1 atom stereocenters. The minimum atomic E-state index is -0.713. The molecule has 2 aromatic carbocycles. The van der Waals surface area contributed by atoms with E-state index in [4.69, 9.17) is 14.2 Å². The van der Waals surface area contributed by atoms with E-state index in [0.29, 0.717) is 50.2 Å². The summed E-state index contributed by atoms with van der Waals surface area (Å²) in [5, 5.41) is 5.50. The number of carbonyl (C=O) groups excluding carboxylic acids is 2. The SMILES string of the molecule is CN1CCCc2cc([C@H](CNC(=O)C(=O)Nc3ccc4c(c3)OCCO4)N3CCOCC3)ccc21. The van der Waals surface area contributed by atoms with Crippen LogP contribution in [0.3, 0.4) is 0 Å². The van der Waals surface area contributed by atoms with Gasteiger partial charge in [-0.3, -0.25) is 14.5 Å². The molecule has 3 heterocycles. The number of aryl methyl sites for hydroxylation is 1. The highest BCUT2D eigenvalue weighted by Gasteiger charge is 2.26. The molecular formula is C26H32N4O5. The second-order valence-corrected chi connectivity index (χ2v) is 9.10. The highest BCUT2D eigenvalue weighted by atomic mass is 16.6. The summed E-state index contributed by atoms with van der Waals surface area (Å²) >= 11 is 0. The maximum atomic E-state index is 12.7. The molecule has 0 aromatic heterocycles. The Morgan fingerprint density at radius 3 is 2.57 bits per heavy atom. The molecule has 0 radical (unpaired) electrons. The normalized spacial score (nSPS) is 18.4. The van der Waals surface area contributed by atoms with Crippen LogP contribution in [-0.4, -0.2) is 76.4 Å². The third kappa shape index (κ3) is 5.36. The molecule has 0 aliphatic carbocycles. The van der Waals surface area contributed by atoms with Gasteiger partial charge < -0.3 is 29.7 Å². The molecule has 0 spiro atoms. The highest BCUT2D eigenvalue weighted by molar-refractivity contribution is 6.39. The van der Waals surface area contributed by atoms with E-state index in [-0.39, 0.29) is 6.04 Å². The zero-order valence-corrected chi connectivity index (χ0v) is 20.0. The third-order valence-corrected chi connectivity index (χ3v) is 6.79. The van der Waals surface area contributed by atoms with Gasteiger partial charge in [0.1, 0.15) is 13.2 Å². The molecule has 9 nitrogen and oxygen atoms in total. The van der Waals surface area contributed by atoms with Crippen molar-refractivity contribution in [3.8, 4) is 11.5 Å². The van der Waals surface area contributed by atoms with Crippen molar-refractivity contribution in [2.24, 2.45) is 0 Å². The van der Waals surface area contributed by atoms with Gasteiger partial charge in [0.05, 0.1) is 19.3 Å². The lowest BCUT2D eigenvalue weighted by atomic mass is 9.95. The van der Waals surface area contributed by atoms with Gasteiger partial charge in [-0.25, -0.2) is 0 Å². The molecule has 2 N–H and O–H groups in total. The van der Waals surface area contributed by atoms with Gasteiger partial charge in [-0.1, -0.05) is 12.1 Å². The Morgan fingerprint density at radius 1 is 0.943 bits per heavy atom. The molecule has 0 unspecified atom stereocenters. The number of hydrogen-bond acceptors (Lipinski definition) is 7. The predicted octanol–water partition coefficient (Wildman–Crippen LogP) is 1.97. The number of amides is 2. The van der Waals surface area contributed by atoms with Crippen LogP contribution in [-0.2, 0) is 20.7 Å². The monoisotopic (exact) mass is 480 g/mol. The van der Waals surface area contributed by atoms with Crippen LogP contribution in [0.1, 0.15) is 23.6 Å². The van der Waals surface area contributed by atoms with Crippen molar-refractivity contribution < 1.29 is 23.8 Å². The van der Waals surface area contributed by atoms with Gasteiger partial charge in [-0.15, -0.1) is 0 Å². The van der Waals surface area contributed by atoms with Gasteiger partial charge >= 0.3 is 11.8 Å². The minimum Gasteiger partial charge on any atom is -0.486 e.